The van der Waals surface area contributed by atoms with Crippen LogP contribution in [-0.2, 0) is 4.79 Å². The molecule has 1 aliphatic rings. The maximum Gasteiger partial charge on any atom is 0.264 e. The van der Waals surface area contributed by atoms with Crippen molar-refractivity contribution < 1.29 is 4.79 Å². The summed E-state index contributed by atoms with van der Waals surface area (Å²) in [4.78, 5) is 23.5. The van der Waals surface area contributed by atoms with Gasteiger partial charge in [-0.2, -0.15) is 14.9 Å². The number of hydrogen-bond donors (Lipinski definition) is 2. The first-order chi connectivity index (χ1) is 12.0. The summed E-state index contributed by atoms with van der Waals surface area (Å²) >= 11 is 6.12. The summed E-state index contributed by atoms with van der Waals surface area (Å²) in [7, 11) is 0. The van der Waals surface area contributed by atoms with Gasteiger partial charge in [0.2, 0.25) is 5.91 Å². The van der Waals surface area contributed by atoms with Crippen molar-refractivity contribution in [2.75, 3.05) is 5.32 Å². The summed E-state index contributed by atoms with van der Waals surface area (Å²) in [6.45, 7) is 1.88. The molecule has 0 bridgehead atoms. The van der Waals surface area contributed by atoms with Crippen molar-refractivity contribution in [1.82, 2.24) is 20.0 Å². The van der Waals surface area contributed by atoms with Crippen LogP contribution in [0, 0.1) is 6.92 Å². The lowest BCUT2D eigenvalue weighted by Gasteiger charge is -2.24. The SMILES string of the molecule is Cc1nn(-c2ccc(=O)[nH]n2)c2c1C(c1cccc(Cl)c1)CC(=O)N2. The average molecular weight is 356 g/mol. The molecule has 3 heterocycles. The fraction of sp³-hybridized carbons (Fsp3) is 0.176. The van der Waals surface area contributed by atoms with E-state index in [1.807, 2.05) is 25.1 Å². The highest BCUT2D eigenvalue weighted by Crippen LogP contribution is 2.40. The second-order valence-corrected chi connectivity index (χ2v) is 6.34. The van der Waals surface area contributed by atoms with E-state index in [-0.39, 0.29) is 17.4 Å². The highest BCUT2D eigenvalue weighted by Gasteiger charge is 2.32. The first-order valence-corrected chi connectivity index (χ1v) is 8.11. The molecule has 0 radical (unpaired) electrons. The standard InChI is InChI=1S/C17H14ClN5O2/c1-9-16-12(10-3-2-4-11(18)7-10)8-15(25)19-17(16)23(22-9)13-5-6-14(24)21-20-13/h2-7,12H,8H2,1H3,(H,19,25)(H,21,24). The van der Waals surface area contributed by atoms with Crippen LogP contribution >= 0.6 is 11.6 Å². The molecule has 2 aromatic heterocycles. The van der Waals surface area contributed by atoms with Crippen LogP contribution in [0.15, 0.2) is 41.2 Å². The first kappa shape index (κ1) is 15.6. The Balaban J connectivity index is 1.89. The Labute approximate surface area is 147 Å². The van der Waals surface area contributed by atoms with Crippen LogP contribution in [0.2, 0.25) is 5.02 Å². The Hall–Kier alpha value is -2.93. The van der Waals surface area contributed by atoms with Gasteiger partial charge in [-0.3, -0.25) is 9.59 Å². The molecule has 0 spiro atoms. The van der Waals surface area contributed by atoms with Crippen molar-refractivity contribution in [3.63, 3.8) is 0 Å². The highest BCUT2D eigenvalue weighted by molar-refractivity contribution is 6.30. The third kappa shape index (κ3) is 2.72. The molecule has 126 valence electrons. The molecule has 25 heavy (non-hydrogen) atoms. The number of nitrogens with one attached hydrogen (secondary N) is 2. The molecular weight excluding hydrogens is 342 g/mol. The zero-order valence-electron chi connectivity index (χ0n) is 13.3. The Morgan fingerprint density at radius 1 is 1.24 bits per heavy atom. The second-order valence-electron chi connectivity index (χ2n) is 5.90. The lowest BCUT2D eigenvalue weighted by atomic mass is 9.86. The molecule has 1 unspecified atom stereocenters. The topological polar surface area (TPSA) is 92.7 Å². The fourth-order valence-corrected chi connectivity index (χ4v) is 3.37. The lowest BCUT2D eigenvalue weighted by molar-refractivity contribution is -0.116. The van der Waals surface area contributed by atoms with E-state index in [1.54, 1.807) is 12.1 Å². The number of rotatable bonds is 2. The molecule has 1 amide bonds. The molecule has 7 nitrogen and oxygen atoms in total. The number of carbonyl (C=O) groups excluding carboxylic acids is 1. The minimum Gasteiger partial charge on any atom is -0.310 e. The Kier molecular flexibility index (Phi) is 3.65. The lowest BCUT2D eigenvalue weighted by Crippen LogP contribution is -2.25. The number of aromatic amines is 1. The molecule has 0 saturated carbocycles. The third-order valence-electron chi connectivity index (χ3n) is 4.23. The van der Waals surface area contributed by atoms with Gasteiger partial charge in [-0.05, 0) is 30.7 Å². The van der Waals surface area contributed by atoms with E-state index < -0.39 is 0 Å². The van der Waals surface area contributed by atoms with Crippen LogP contribution in [0.4, 0.5) is 5.82 Å². The summed E-state index contributed by atoms with van der Waals surface area (Å²) in [5.41, 5.74) is 2.37. The summed E-state index contributed by atoms with van der Waals surface area (Å²) in [5, 5.41) is 14.4. The number of amides is 1. The van der Waals surface area contributed by atoms with Crippen molar-refractivity contribution in [3.8, 4) is 5.82 Å². The van der Waals surface area contributed by atoms with Gasteiger partial charge in [0, 0.05) is 29.0 Å². The number of aryl methyl sites for hydroxylation is 1. The first-order valence-electron chi connectivity index (χ1n) is 7.74. The van der Waals surface area contributed by atoms with Crippen LogP contribution in [0.25, 0.3) is 5.82 Å². The molecule has 0 fully saturated rings. The highest BCUT2D eigenvalue weighted by atomic mass is 35.5. The largest absolute Gasteiger partial charge is 0.310 e. The van der Waals surface area contributed by atoms with E-state index >= 15 is 0 Å². The van der Waals surface area contributed by atoms with E-state index in [2.05, 4.69) is 20.6 Å². The van der Waals surface area contributed by atoms with Crippen LogP contribution in [0.3, 0.4) is 0 Å². The summed E-state index contributed by atoms with van der Waals surface area (Å²) in [6.07, 6.45) is 0.318. The van der Waals surface area contributed by atoms with Gasteiger partial charge in [0.15, 0.2) is 5.82 Å². The molecule has 8 heteroatoms. The van der Waals surface area contributed by atoms with Crippen LogP contribution in [0.1, 0.15) is 29.2 Å². The van der Waals surface area contributed by atoms with Gasteiger partial charge >= 0.3 is 0 Å². The Morgan fingerprint density at radius 3 is 2.80 bits per heavy atom. The molecule has 1 aliphatic heterocycles. The fourth-order valence-electron chi connectivity index (χ4n) is 3.18. The maximum atomic E-state index is 12.3. The van der Waals surface area contributed by atoms with Gasteiger partial charge in [-0.25, -0.2) is 5.10 Å². The van der Waals surface area contributed by atoms with Gasteiger partial charge < -0.3 is 5.32 Å². The van der Waals surface area contributed by atoms with Gasteiger partial charge in [0.1, 0.15) is 5.82 Å². The predicted molar refractivity (Wildman–Crippen MR) is 93.3 cm³/mol. The van der Waals surface area contributed by atoms with Gasteiger partial charge in [0.05, 0.1) is 5.69 Å². The van der Waals surface area contributed by atoms with Crippen molar-refractivity contribution in [3.05, 3.63) is 68.6 Å². The summed E-state index contributed by atoms with van der Waals surface area (Å²) in [5.74, 6) is 0.747. The van der Waals surface area contributed by atoms with E-state index in [0.29, 0.717) is 23.1 Å². The molecular formula is C17H14ClN5O2. The minimum atomic E-state index is -0.303. The second kappa shape index (κ2) is 5.86. The zero-order valence-corrected chi connectivity index (χ0v) is 14.0. The molecule has 4 rings (SSSR count). The number of aromatic nitrogens is 4. The number of H-pyrrole nitrogens is 1. The van der Waals surface area contributed by atoms with E-state index in [1.165, 1.54) is 10.7 Å². The van der Waals surface area contributed by atoms with Crippen LogP contribution in [-0.4, -0.2) is 25.9 Å². The molecule has 1 atom stereocenters. The maximum absolute atomic E-state index is 12.3. The number of hydrogen-bond acceptors (Lipinski definition) is 4. The number of halogens is 1. The molecule has 0 saturated heterocycles. The van der Waals surface area contributed by atoms with E-state index in [0.717, 1.165) is 16.8 Å². The number of carbonyl (C=O) groups is 1. The van der Waals surface area contributed by atoms with Gasteiger partial charge in [-0.15, -0.1) is 0 Å². The van der Waals surface area contributed by atoms with Crippen molar-refractivity contribution in [2.24, 2.45) is 0 Å². The van der Waals surface area contributed by atoms with Crippen LogP contribution in [0.5, 0.6) is 0 Å². The van der Waals surface area contributed by atoms with Crippen molar-refractivity contribution in [2.45, 2.75) is 19.3 Å². The Morgan fingerprint density at radius 2 is 2.08 bits per heavy atom. The molecule has 1 aromatic carbocycles. The van der Waals surface area contributed by atoms with E-state index in [9.17, 15) is 9.59 Å². The van der Waals surface area contributed by atoms with Crippen molar-refractivity contribution >= 4 is 23.3 Å². The van der Waals surface area contributed by atoms with Gasteiger partial charge in [0.25, 0.3) is 5.56 Å². The smallest absolute Gasteiger partial charge is 0.264 e. The number of nitrogens with zero attached hydrogens (tertiary/aromatic N) is 3. The monoisotopic (exact) mass is 355 g/mol. The van der Waals surface area contributed by atoms with Crippen LogP contribution < -0.4 is 10.9 Å². The summed E-state index contributed by atoms with van der Waals surface area (Å²) in [6, 6.07) is 10.4. The minimum absolute atomic E-state index is 0.108. The Bertz CT molecular complexity index is 1020. The normalized spacial score (nSPS) is 16.4. The van der Waals surface area contributed by atoms with Gasteiger partial charge in [-0.1, -0.05) is 23.7 Å². The number of fused-ring (bicyclic) bond motifs is 1. The zero-order chi connectivity index (χ0) is 17.6. The number of benzene rings is 1. The third-order valence-corrected chi connectivity index (χ3v) is 4.47. The summed E-state index contributed by atoms with van der Waals surface area (Å²) < 4.78 is 1.54. The predicted octanol–water partition coefficient (Wildman–Crippen LogP) is 2.39. The number of anilines is 1. The quantitative estimate of drug-likeness (QED) is 0.738. The molecule has 0 aliphatic carbocycles. The molecule has 2 N–H and O–H groups in total. The van der Waals surface area contributed by atoms with Crippen molar-refractivity contribution in [1.29, 1.82) is 0 Å². The van der Waals surface area contributed by atoms with E-state index in [4.69, 9.17) is 11.6 Å². The molecule has 3 aromatic rings. The average Bonchev–Trinajstić information content (AvgIpc) is 2.91.